The van der Waals surface area contributed by atoms with Gasteiger partial charge in [0.25, 0.3) is 0 Å². The minimum Gasteiger partial charge on any atom is -0.390 e. The van der Waals surface area contributed by atoms with E-state index < -0.39 is 5.60 Å². The van der Waals surface area contributed by atoms with Crippen LogP contribution in [0.5, 0.6) is 0 Å². The number of Topliss-reactive ketones (excluding diaryl/α,β-unsaturated/α-hetero) is 1. The maximum atomic E-state index is 12.2. The molecule has 0 aromatic rings. The summed E-state index contributed by atoms with van der Waals surface area (Å²) in [5.74, 6) is 0.515. The van der Waals surface area contributed by atoms with Crippen LogP contribution in [-0.4, -0.2) is 16.5 Å². The van der Waals surface area contributed by atoms with E-state index in [1.807, 2.05) is 6.08 Å². The van der Waals surface area contributed by atoms with Gasteiger partial charge in [-0.05, 0) is 39.0 Å². The summed E-state index contributed by atoms with van der Waals surface area (Å²) in [4.78, 5) is 12.2. The average molecular weight is 210 g/mol. The molecule has 0 aromatic heterocycles. The largest absolute Gasteiger partial charge is 0.390 e. The van der Waals surface area contributed by atoms with Crippen molar-refractivity contribution in [3.05, 3.63) is 12.7 Å². The highest BCUT2D eigenvalue weighted by atomic mass is 16.3. The lowest BCUT2D eigenvalue weighted by molar-refractivity contribution is -0.140. The Labute approximate surface area is 92.4 Å². The highest BCUT2D eigenvalue weighted by Gasteiger charge is 2.41. The standard InChI is InChI=1S/C13H22O2/c1-5-6-10-9(2)7-8-11(12(10)14)13(3,4)15/h5,9-11,15H,1,6-8H2,2-4H3. The number of rotatable bonds is 3. The van der Waals surface area contributed by atoms with Crippen LogP contribution >= 0.6 is 0 Å². The molecule has 0 heterocycles. The summed E-state index contributed by atoms with van der Waals surface area (Å²) in [5, 5.41) is 9.94. The minimum atomic E-state index is -0.878. The van der Waals surface area contributed by atoms with Crippen LogP contribution in [0, 0.1) is 17.8 Å². The summed E-state index contributed by atoms with van der Waals surface area (Å²) in [6.45, 7) is 9.28. The van der Waals surface area contributed by atoms with Gasteiger partial charge in [0.15, 0.2) is 0 Å². The topological polar surface area (TPSA) is 37.3 Å². The van der Waals surface area contributed by atoms with E-state index in [1.54, 1.807) is 13.8 Å². The molecule has 1 rings (SSSR count). The van der Waals surface area contributed by atoms with Gasteiger partial charge in [-0.3, -0.25) is 4.79 Å². The van der Waals surface area contributed by atoms with E-state index in [1.165, 1.54) is 0 Å². The maximum absolute atomic E-state index is 12.2. The number of aliphatic hydroxyl groups is 1. The zero-order valence-electron chi connectivity index (χ0n) is 9.99. The Balaban J connectivity index is 2.81. The third-order valence-electron chi connectivity index (χ3n) is 3.58. The van der Waals surface area contributed by atoms with Crippen LogP contribution in [0.25, 0.3) is 0 Å². The highest BCUT2D eigenvalue weighted by molar-refractivity contribution is 5.85. The molecule has 1 aliphatic rings. The molecule has 86 valence electrons. The molecule has 0 radical (unpaired) electrons. The molecule has 0 aliphatic heterocycles. The number of ketones is 1. The van der Waals surface area contributed by atoms with E-state index in [9.17, 15) is 9.90 Å². The van der Waals surface area contributed by atoms with Gasteiger partial charge in [-0.2, -0.15) is 0 Å². The molecule has 2 nitrogen and oxygen atoms in total. The highest BCUT2D eigenvalue weighted by Crippen LogP contribution is 2.37. The third kappa shape index (κ3) is 2.69. The molecule has 1 fully saturated rings. The first-order valence-electron chi connectivity index (χ1n) is 5.75. The van der Waals surface area contributed by atoms with Crippen LogP contribution in [0.2, 0.25) is 0 Å². The summed E-state index contributed by atoms with van der Waals surface area (Å²) in [6.07, 6.45) is 4.40. The summed E-state index contributed by atoms with van der Waals surface area (Å²) < 4.78 is 0. The number of hydrogen-bond donors (Lipinski definition) is 1. The molecule has 1 aliphatic carbocycles. The Hall–Kier alpha value is -0.630. The third-order valence-corrected chi connectivity index (χ3v) is 3.58. The molecule has 3 atom stereocenters. The molecule has 2 heteroatoms. The van der Waals surface area contributed by atoms with E-state index in [-0.39, 0.29) is 17.6 Å². The van der Waals surface area contributed by atoms with Gasteiger partial charge in [-0.15, -0.1) is 6.58 Å². The predicted octanol–water partition coefficient (Wildman–Crippen LogP) is 2.56. The lowest BCUT2D eigenvalue weighted by Gasteiger charge is -2.38. The zero-order chi connectivity index (χ0) is 11.6. The first-order valence-corrected chi connectivity index (χ1v) is 5.75. The Kier molecular flexibility index (Phi) is 3.72. The van der Waals surface area contributed by atoms with Crippen molar-refractivity contribution in [3.8, 4) is 0 Å². The van der Waals surface area contributed by atoms with Gasteiger partial charge in [0.2, 0.25) is 0 Å². The van der Waals surface area contributed by atoms with Crippen LogP contribution in [0.15, 0.2) is 12.7 Å². The van der Waals surface area contributed by atoms with Gasteiger partial charge in [-0.1, -0.05) is 13.0 Å². The SMILES string of the molecule is C=CCC1C(=O)C(C(C)(C)O)CCC1C. The Morgan fingerprint density at radius 3 is 2.60 bits per heavy atom. The number of allylic oxidation sites excluding steroid dienone is 1. The van der Waals surface area contributed by atoms with E-state index in [4.69, 9.17) is 0 Å². The van der Waals surface area contributed by atoms with Crippen LogP contribution in [0.3, 0.4) is 0 Å². The molecule has 0 amide bonds. The van der Waals surface area contributed by atoms with Gasteiger partial charge in [-0.25, -0.2) is 0 Å². The Morgan fingerprint density at radius 1 is 1.53 bits per heavy atom. The number of carbonyl (C=O) groups is 1. The molecule has 0 bridgehead atoms. The fraction of sp³-hybridized carbons (Fsp3) is 0.769. The second-order valence-corrected chi connectivity index (χ2v) is 5.29. The van der Waals surface area contributed by atoms with E-state index in [0.29, 0.717) is 5.92 Å². The van der Waals surface area contributed by atoms with Gasteiger partial charge in [0.1, 0.15) is 5.78 Å². The normalized spacial score (nSPS) is 32.8. The smallest absolute Gasteiger partial charge is 0.142 e. The summed E-state index contributed by atoms with van der Waals surface area (Å²) in [7, 11) is 0. The molecule has 0 spiro atoms. The van der Waals surface area contributed by atoms with Crippen LogP contribution in [0.1, 0.15) is 40.0 Å². The minimum absolute atomic E-state index is 0.0627. The van der Waals surface area contributed by atoms with Gasteiger partial charge in [0, 0.05) is 11.8 Å². The molecular formula is C13H22O2. The molecule has 15 heavy (non-hydrogen) atoms. The molecule has 1 saturated carbocycles. The molecule has 0 saturated heterocycles. The Morgan fingerprint density at radius 2 is 2.13 bits per heavy atom. The zero-order valence-corrected chi connectivity index (χ0v) is 9.99. The van der Waals surface area contributed by atoms with Crippen molar-refractivity contribution < 1.29 is 9.90 Å². The molecular weight excluding hydrogens is 188 g/mol. The fourth-order valence-corrected chi connectivity index (χ4v) is 2.54. The monoisotopic (exact) mass is 210 g/mol. The summed E-state index contributed by atoms with van der Waals surface area (Å²) in [6, 6.07) is 0. The summed E-state index contributed by atoms with van der Waals surface area (Å²) in [5.41, 5.74) is -0.878. The molecule has 1 N–H and O–H groups in total. The van der Waals surface area contributed by atoms with Crippen molar-refractivity contribution in [1.82, 2.24) is 0 Å². The number of hydrogen-bond acceptors (Lipinski definition) is 2. The second-order valence-electron chi connectivity index (χ2n) is 5.29. The summed E-state index contributed by atoms with van der Waals surface area (Å²) >= 11 is 0. The van der Waals surface area contributed by atoms with Gasteiger partial charge < -0.3 is 5.11 Å². The van der Waals surface area contributed by atoms with Crippen molar-refractivity contribution in [2.75, 3.05) is 0 Å². The average Bonchev–Trinajstić information content (AvgIpc) is 2.09. The maximum Gasteiger partial charge on any atom is 0.142 e. The van der Waals surface area contributed by atoms with E-state index in [2.05, 4.69) is 13.5 Å². The van der Waals surface area contributed by atoms with Gasteiger partial charge in [0.05, 0.1) is 5.60 Å². The quantitative estimate of drug-likeness (QED) is 0.727. The van der Waals surface area contributed by atoms with Crippen molar-refractivity contribution in [3.63, 3.8) is 0 Å². The lowest BCUT2D eigenvalue weighted by Crippen LogP contribution is -2.44. The van der Waals surface area contributed by atoms with Crippen molar-refractivity contribution in [2.24, 2.45) is 17.8 Å². The first kappa shape index (κ1) is 12.4. The fourth-order valence-electron chi connectivity index (χ4n) is 2.54. The lowest BCUT2D eigenvalue weighted by atomic mass is 9.68. The van der Waals surface area contributed by atoms with E-state index >= 15 is 0 Å². The predicted molar refractivity (Wildman–Crippen MR) is 61.5 cm³/mol. The van der Waals surface area contributed by atoms with Crippen molar-refractivity contribution in [1.29, 1.82) is 0 Å². The van der Waals surface area contributed by atoms with Gasteiger partial charge >= 0.3 is 0 Å². The molecule has 0 aromatic carbocycles. The molecule has 3 unspecified atom stereocenters. The Bertz CT molecular complexity index is 250. The second kappa shape index (κ2) is 4.48. The van der Waals surface area contributed by atoms with Crippen LogP contribution in [-0.2, 0) is 4.79 Å². The van der Waals surface area contributed by atoms with Crippen molar-refractivity contribution in [2.45, 2.75) is 45.6 Å². The van der Waals surface area contributed by atoms with Crippen molar-refractivity contribution >= 4 is 5.78 Å². The van der Waals surface area contributed by atoms with Crippen LogP contribution < -0.4 is 0 Å². The van der Waals surface area contributed by atoms with E-state index in [0.717, 1.165) is 19.3 Å². The number of carbonyl (C=O) groups excluding carboxylic acids is 1. The van der Waals surface area contributed by atoms with Crippen LogP contribution in [0.4, 0.5) is 0 Å². The first-order chi connectivity index (χ1) is 6.88.